The molecule has 1 aliphatic heterocycles. The van der Waals surface area contributed by atoms with Gasteiger partial charge in [0, 0.05) is 35.2 Å². The molecule has 1 N–H and O–H groups in total. The van der Waals surface area contributed by atoms with E-state index in [1.54, 1.807) is 0 Å². The van der Waals surface area contributed by atoms with Crippen LogP contribution in [0.2, 0.25) is 0 Å². The maximum absolute atomic E-state index is 5.79. The molecule has 0 atom stereocenters. The van der Waals surface area contributed by atoms with E-state index < -0.39 is 0 Å². The molecule has 1 aromatic heterocycles. The van der Waals surface area contributed by atoms with Crippen molar-refractivity contribution < 1.29 is 4.74 Å². The van der Waals surface area contributed by atoms with E-state index in [0.717, 1.165) is 31.8 Å². The summed E-state index contributed by atoms with van der Waals surface area (Å²) in [5.41, 5.74) is 6.57. The Labute approximate surface area is 145 Å². The monoisotopic (exact) mass is 324 g/mol. The maximum Gasteiger partial charge on any atom is 0.127 e. The third-order valence-corrected chi connectivity index (χ3v) is 4.99. The fourth-order valence-corrected chi connectivity index (χ4v) is 3.47. The summed E-state index contributed by atoms with van der Waals surface area (Å²) in [6.07, 6.45) is 7.57. The van der Waals surface area contributed by atoms with Crippen LogP contribution >= 0.6 is 0 Å². The summed E-state index contributed by atoms with van der Waals surface area (Å²) in [4.78, 5) is 6.06. The smallest absolute Gasteiger partial charge is 0.127 e. The summed E-state index contributed by atoms with van der Waals surface area (Å²) in [7, 11) is 0. The molecule has 128 valence electrons. The number of nitrogens with one attached hydrogen (secondary N) is 1. The molecule has 0 saturated heterocycles. The van der Waals surface area contributed by atoms with E-state index in [9.17, 15) is 0 Å². The van der Waals surface area contributed by atoms with Gasteiger partial charge in [-0.05, 0) is 57.5 Å². The van der Waals surface area contributed by atoms with Gasteiger partial charge in [-0.3, -0.25) is 4.90 Å². The summed E-state index contributed by atoms with van der Waals surface area (Å²) < 4.78 is 5.79. The summed E-state index contributed by atoms with van der Waals surface area (Å²) in [5, 5.41) is 1.33. The quantitative estimate of drug-likeness (QED) is 0.779. The Balaban J connectivity index is 1.89. The number of H-pyrrole nitrogens is 1. The zero-order chi connectivity index (χ0) is 17.1. The highest BCUT2D eigenvalue weighted by Gasteiger charge is 2.17. The highest BCUT2D eigenvalue weighted by molar-refractivity contribution is 5.95. The van der Waals surface area contributed by atoms with Crippen molar-refractivity contribution in [1.29, 1.82) is 0 Å². The topological polar surface area (TPSA) is 28.3 Å². The van der Waals surface area contributed by atoms with Gasteiger partial charge in [0.1, 0.15) is 12.4 Å². The van der Waals surface area contributed by atoms with Crippen molar-refractivity contribution in [2.24, 2.45) is 0 Å². The van der Waals surface area contributed by atoms with Crippen LogP contribution in [0.4, 0.5) is 0 Å². The number of nitrogens with zero attached hydrogens (tertiary/aromatic N) is 1. The normalized spacial score (nSPS) is 14.3. The molecule has 0 unspecified atom stereocenters. The van der Waals surface area contributed by atoms with Gasteiger partial charge in [-0.15, -0.1) is 0 Å². The van der Waals surface area contributed by atoms with E-state index in [1.807, 2.05) is 0 Å². The van der Waals surface area contributed by atoms with Crippen molar-refractivity contribution in [2.75, 3.05) is 26.2 Å². The van der Waals surface area contributed by atoms with Gasteiger partial charge in [-0.25, -0.2) is 0 Å². The van der Waals surface area contributed by atoms with Crippen LogP contribution in [0, 0.1) is 6.92 Å². The van der Waals surface area contributed by atoms with Crippen LogP contribution in [-0.4, -0.2) is 36.1 Å². The Morgan fingerprint density at radius 2 is 2.21 bits per heavy atom. The predicted molar refractivity (Wildman–Crippen MR) is 103 cm³/mol. The first kappa shape index (κ1) is 16.8. The van der Waals surface area contributed by atoms with Gasteiger partial charge in [0.15, 0.2) is 0 Å². The highest BCUT2D eigenvalue weighted by atomic mass is 16.5. The standard InChI is InChI=1S/C21H28N2O/c1-5-15(3)14-23(6-2)12-11-17-16(4)22-19-9-10-20-18(21(17)19)8-7-13-24-20/h5,7-10,22H,6,11-14H2,1-4H3/b15-5+. The first-order valence-corrected chi connectivity index (χ1v) is 8.91. The fraction of sp³-hybridized carbons (Fsp3) is 0.429. The highest BCUT2D eigenvalue weighted by Crippen LogP contribution is 2.35. The summed E-state index contributed by atoms with van der Waals surface area (Å²) in [6, 6.07) is 4.22. The van der Waals surface area contributed by atoms with Crippen molar-refractivity contribution in [3.63, 3.8) is 0 Å². The number of hydrogen-bond acceptors (Lipinski definition) is 2. The minimum atomic E-state index is 0.670. The molecule has 1 aliphatic rings. The number of aromatic nitrogens is 1. The lowest BCUT2D eigenvalue weighted by atomic mass is 10.00. The number of rotatable bonds is 6. The minimum absolute atomic E-state index is 0.670. The van der Waals surface area contributed by atoms with E-state index in [2.05, 4.69) is 67.9 Å². The number of allylic oxidation sites excluding steroid dienone is 1. The van der Waals surface area contributed by atoms with Crippen LogP contribution in [0.25, 0.3) is 17.0 Å². The van der Waals surface area contributed by atoms with E-state index >= 15 is 0 Å². The Hall–Kier alpha value is -2.00. The first-order valence-electron chi connectivity index (χ1n) is 8.91. The number of fused-ring (bicyclic) bond motifs is 3. The van der Waals surface area contributed by atoms with Crippen molar-refractivity contribution >= 4 is 17.0 Å². The van der Waals surface area contributed by atoms with E-state index in [-0.39, 0.29) is 0 Å². The molecule has 3 rings (SSSR count). The molecule has 0 radical (unpaired) electrons. The van der Waals surface area contributed by atoms with Gasteiger partial charge in [0.25, 0.3) is 0 Å². The molecule has 2 heterocycles. The second-order valence-electron chi connectivity index (χ2n) is 6.60. The van der Waals surface area contributed by atoms with Crippen LogP contribution in [0.5, 0.6) is 5.75 Å². The van der Waals surface area contributed by atoms with Crippen LogP contribution in [0.1, 0.15) is 37.6 Å². The fourth-order valence-electron chi connectivity index (χ4n) is 3.47. The van der Waals surface area contributed by atoms with Crippen molar-refractivity contribution in [3.05, 3.63) is 46.7 Å². The van der Waals surface area contributed by atoms with Gasteiger partial charge in [0.2, 0.25) is 0 Å². The predicted octanol–water partition coefficient (Wildman–Crippen LogP) is 4.71. The summed E-state index contributed by atoms with van der Waals surface area (Å²) in [6.45, 7) is 12.6. The van der Waals surface area contributed by atoms with Crippen LogP contribution in [0.15, 0.2) is 29.9 Å². The SMILES string of the molecule is C/C=C(\C)CN(CC)CCc1c(C)[nH]c2ccc3c(c12)C=CCO3. The number of aryl methyl sites for hydroxylation is 1. The van der Waals surface area contributed by atoms with E-state index in [0.29, 0.717) is 6.61 Å². The second-order valence-corrected chi connectivity index (χ2v) is 6.60. The Morgan fingerprint density at radius 1 is 1.38 bits per heavy atom. The lowest BCUT2D eigenvalue weighted by Crippen LogP contribution is -2.27. The molecular weight excluding hydrogens is 296 g/mol. The average Bonchev–Trinajstić information content (AvgIpc) is 2.94. The van der Waals surface area contributed by atoms with Gasteiger partial charge in [-0.2, -0.15) is 0 Å². The van der Waals surface area contributed by atoms with Gasteiger partial charge < -0.3 is 9.72 Å². The Bertz CT molecular complexity index is 783. The van der Waals surface area contributed by atoms with Crippen LogP contribution in [0.3, 0.4) is 0 Å². The molecule has 0 aliphatic carbocycles. The number of benzene rings is 1. The molecule has 3 nitrogen and oxygen atoms in total. The summed E-state index contributed by atoms with van der Waals surface area (Å²) in [5.74, 6) is 1.00. The third kappa shape index (κ3) is 3.27. The molecule has 0 fully saturated rings. The van der Waals surface area contributed by atoms with Crippen molar-refractivity contribution in [3.8, 4) is 5.75 Å². The zero-order valence-electron chi connectivity index (χ0n) is 15.3. The number of ether oxygens (including phenoxy) is 1. The average molecular weight is 324 g/mol. The zero-order valence-corrected chi connectivity index (χ0v) is 15.3. The molecule has 2 aromatic rings. The third-order valence-electron chi connectivity index (χ3n) is 4.99. The molecule has 24 heavy (non-hydrogen) atoms. The maximum atomic E-state index is 5.79. The second kappa shape index (κ2) is 7.27. The van der Waals surface area contributed by atoms with E-state index in [1.165, 1.54) is 33.3 Å². The largest absolute Gasteiger partial charge is 0.489 e. The minimum Gasteiger partial charge on any atom is -0.489 e. The van der Waals surface area contributed by atoms with Gasteiger partial charge in [0.05, 0.1) is 0 Å². The molecule has 0 amide bonds. The number of aromatic amines is 1. The molecule has 3 heteroatoms. The number of hydrogen-bond donors (Lipinski definition) is 1. The Morgan fingerprint density at radius 3 is 2.96 bits per heavy atom. The number of likely N-dealkylation sites (N-methyl/N-ethyl adjacent to an activating group) is 1. The van der Waals surface area contributed by atoms with Gasteiger partial charge >= 0.3 is 0 Å². The van der Waals surface area contributed by atoms with Crippen molar-refractivity contribution in [2.45, 2.75) is 34.1 Å². The van der Waals surface area contributed by atoms with Gasteiger partial charge in [-0.1, -0.05) is 24.6 Å². The first-order chi connectivity index (χ1) is 11.6. The molecular formula is C21H28N2O. The summed E-state index contributed by atoms with van der Waals surface area (Å²) >= 11 is 0. The lowest BCUT2D eigenvalue weighted by Gasteiger charge is -2.21. The van der Waals surface area contributed by atoms with Crippen LogP contribution < -0.4 is 4.74 Å². The molecule has 0 spiro atoms. The Kier molecular flexibility index (Phi) is 5.10. The van der Waals surface area contributed by atoms with Crippen LogP contribution in [-0.2, 0) is 6.42 Å². The lowest BCUT2D eigenvalue weighted by molar-refractivity contribution is 0.316. The van der Waals surface area contributed by atoms with Crippen molar-refractivity contribution in [1.82, 2.24) is 9.88 Å². The van der Waals surface area contributed by atoms with E-state index in [4.69, 9.17) is 4.74 Å². The molecule has 1 aromatic carbocycles. The molecule has 0 bridgehead atoms. The molecule has 0 saturated carbocycles.